The van der Waals surface area contributed by atoms with Crippen LogP contribution in [0.2, 0.25) is 0 Å². The fourth-order valence-corrected chi connectivity index (χ4v) is 1.51. The average molecular weight is 211 g/mol. The Morgan fingerprint density at radius 3 is 2.13 bits per heavy atom. The molecule has 86 valence electrons. The maximum atomic E-state index is 10.8. The molecule has 0 amide bonds. The lowest BCUT2D eigenvalue weighted by Gasteiger charge is -2.00. The fraction of sp³-hybridized carbons (Fsp3) is 0.833. The molecule has 0 bridgehead atoms. The van der Waals surface area contributed by atoms with Gasteiger partial charge in [0, 0.05) is 6.42 Å². The second kappa shape index (κ2) is 11.0. The number of hydrogen-bond acceptors (Lipinski definition) is 3. The van der Waals surface area contributed by atoms with Crippen molar-refractivity contribution < 1.29 is 9.53 Å². The van der Waals surface area contributed by atoms with Crippen LogP contribution in [0.1, 0.15) is 64.7 Å². The van der Waals surface area contributed by atoms with Crippen LogP contribution in [-0.2, 0) is 9.53 Å². The van der Waals surface area contributed by atoms with Crippen LogP contribution < -0.4 is 0 Å². The van der Waals surface area contributed by atoms with Gasteiger partial charge in [0.15, 0.2) is 0 Å². The Kier molecular flexibility index (Phi) is 10.3. The Hall–Kier alpha value is -1.04. The van der Waals surface area contributed by atoms with Gasteiger partial charge in [0.05, 0.1) is 0 Å². The third-order valence-corrected chi connectivity index (χ3v) is 2.39. The molecule has 0 saturated heterocycles. The summed E-state index contributed by atoms with van der Waals surface area (Å²) in [5, 5.41) is 8.07. The van der Waals surface area contributed by atoms with Crippen LogP contribution in [0, 0.1) is 11.5 Å². The summed E-state index contributed by atoms with van der Waals surface area (Å²) in [5.41, 5.74) is 0. The van der Waals surface area contributed by atoms with Crippen LogP contribution in [0.3, 0.4) is 0 Å². The molecule has 3 heteroatoms. The molecule has 0 aromatic carbocycles. The van der Waals surface area contributed by atoms with Crippen LogP contribution in [0.25, 0.3) is 0 Å². The molecule has 0 fully saturated rings. The van der Waals surface area contributed by atoms with Crippen LogP contribution in [0.4, 0.5) is 0 Å². The molecule has 0 aromatic heterocycles. The number of unbranched alkanes of at least 4 members (excludes halogenated alkanes) is 7. The minimum absolute atomic E-state index is 0.377. The van der Waals surface area contributed by atoms with Gasteiger partial charge in [0.2, 0.25) is 0 Å². The fourth-order valence-electron chi connectivity index (χ4n) is 1.51. The lowest BCUT2D eigenvalue weighted by Crippen LogP contribution is -1.98. The smallest absolute Gasteiger partial charge is 0.321 e. The van der Waals surface area contributed by atoms with Crippen LogP contribution in [0.15, 0.2) is 0 Å². The molecule has 0 aliphatic carbocycles. The number of esters is 1. The Morgan fingerprint density at radius 1 is 1.07 bits per heavy atom. The van der Waals surface area contributed by atoms with E-state index in [2.05, 4.69) is 11.7 Å². The number of rotatable bonds is 9. The number of nitriles is 1. The van der Waals surface area contributed by atoms with Gasteiger partial charge in [-0.25, -0.2) is 0 Å². The van der Waals surface area contributed by atoms with Gasteiger partial charge in [0.1, 0.15) is 0 Å². The van der Waals surface area contributed by atoms with Gasteiger partial charge in [-0.3, -0.25) is 4.79 Å². The zero-order chi connectivity index (χ0) is 11.4. The second-order valence-corrected chi connectivity index (χ2v) is 3.79. The van der Waals surface area contributed by atoms with E-state index < -0.39 is 5.97 Å². The van der Waals surface area contributed by atoms with E-state index in [0.717, 1.165) is 12.8 Å². The van der Waals surface area contributed by atoms with Crippen molar-refractivity contribution in [2.24, 2.45) is 0 Å². The first-order chi connectivity index (χ1) is 7.31. The van der Waals surface area contributed by atoms with Crippen LogP contribution >= 0.6 is 0 Å². The number of carbonyl (C=O) groups excluding carboxylic acids is 1. The van der Waals surface area contributed by atoms with Gasteiger partial charge < -0.3 is 4.74 Å². The molecule has 0 heterocycles. The van der Waals surface area contributed by atoms with Crippen molar-refractivity contribution >= 4 is 5.97 Å². The summed E-state index contributed by atoms with van der Waals surface area (Å²) in [6, 6.07) is 0. The summed E-state index contributed by atoms with van der Waals surface area (Å²) in [5.74, 6) is -0.400. The number of nitrogens with zero attached hydrogens (tertiary/aromatic N) is 1. The molecule has 0 radical (unpaired) electrons. The highest BCUT2D eigenvalue weighted by Crippen LogP contribution is 2.09. The van der Waals surface area contributed by atoms with Crippen molar-refractivity contribution in [3.63, 3.8) is 0 Å². The monoisotopic (exact) mass is 211 g/mol. The van der Waals surface area contributed by atoms with Crippen molar-refractivity contribution in [1.82, 2.24) is 0 Å². The molecule has 0 unspecified atom stereocenters. The minimum atomic E-state index is -0.400. The molecular formula is C12H21NO2. The first kappa shape index (κ1) is 14.0. The SMILES string of the molecule is CCCCCCCCCCC(=O)OC#N. The zero-order valence-electron chi connectivity index (χ0n) is 9.63. The molecule has 0 aliphatic rings. The predicted octanol–water partition coefficient (Wildman–Crippen LogP) is 3.54. The number of ether oxygens (including phenoxy) is 1. The van der Waals surface area contributed by atoms with Gasteiger partial charge in [-0.15, -0.1) is 5.26 Å². The van der Waals surface area contributed by atoms with Crippen molar-refractivity contribution in [2.45, 2.75) is 64.7 Å². The summed E-state index contributed by atoms with van der Waals surface area (Å²) in [7, 11) is 0. The van der Waals surface area contributed by atoms with Gasteiger partial charge in [-0.2, -0.15) is 0 Å². The van der Waals surface area contributed by atoms with E-state index in [1.54, 1.807) is 0 Å². The summed E-state index contributed by atoms with van der Waals surface area (Å²) >= 11 is 0. The van der Waals surface area contributed by atoms with Crippen molar-refractivity contribution in [3.8, 4) is 6.26 Å². The second-order valence-electron chi connectivity index (χ2n) is 3.79. The molecule has 0 N–H and O–H groups in total. The largest absolute Gasteiger partial charge is 0.351 e. The minimum Gasteiger partial charge on any atom is -0.351 e. The van der Waals surface area contributed by atoms with E-state index in [1.807, 2.05) is 0 Å². The normalized spacial score (nSPS) is 9.60. The van der Waals surface area contributed by atoms with Crippen LogP contribution in [0.5, 0.6) is 0 Å². The standard InChI is InChI=1S/C12H21NO2/c1-2-3-4-5-6-7-8-9-10-12(14)15-11-13/h2-10H2,1H3. The molecule has 0 spiro atoms. The van der Waals surface area contributed by atoms with Gasteiger partial charge in [-0.1, -0.05) is 51.9 Å². The van der Waals surface area contributed by atoms with Crippen LogP contribution in [-0.4, -0.2) is 5.97 Å². The zero-order valence-corrected chi connectivity index (χ0v) is 9.63. The summed E-state index contributed by atoms with van der Waals surface area (Å²) < 4.78 is 4.17. The van der Waals surface area contributed by atoms with E-state index in [0.29, 0.717) is 6.42 Å². The Balaban J connectivity index is 3.05. The highest BCUT2D eigenvalue weighted by Gasteiger charge is 2.01. The topological polar surface area (TPSA) is 50.1 Å². The molecule has 3 nitrogen and oxygen atoms in total. The Bertz CT molecular complexity index is 196. The Morgan fingerprint density at radius 2 is 1.60 bits per heavy atom. The van der Waals surface area contributed by atoms with Crippen molar-refractivity contribution in [1.29, 1.82) is 5.26 Å². The average Bonchev–Trinajstić information content (AvgIpc) is 2.22. The predicted molar refractivity (Wildman–Crippen MR) is 58.9 cm³/mol. The highest BCUT2D eigenvalue weighted by molar-refractivity contribution is 5.70. The first-order valence-corrected chi connectivity index (χ1v) is 5.90. The molecule has 0 saturated carbocycles. The van der Waals surface area contributed by atoms with E-state index in [1.165, 1.54) is 44.8 Å². The van der Waals surface area contributed by atoms with E-state index in [4.69, 9.17) is 5.26 Å². The quantitative estimate of drug-likeness (QED) is 0.333. The number of hydrogen-bond donors (Lipinski definition) is 0. The van der Waals surface area contributed by atoms with E-state index in [-0.39, 0.29) is 0 Å². The lowest BCUT2D eigenvalue weighted by atomic mass is 10.1. The molecule has 0 aliphatic heterocycles. The summed E-state index contributed by atoms with van der Waals surface area (Å²) in [4.78, 5) is 10.8. The van der Waals surface area contributed by atoms with Crippen molar-refractivity contribution in [3.05, 3.63) is 0 Å². The highest BCUT2D eigenvalue weighted by atomic mass is 16.5. The maximum Gasteiger partial charge on any atom is 0.321 e. The molecular weight excluding hydrogens is 190 g/mol. The first-order valence-electron chi connectivity index (χ1n) is 5.90. The van der Waals surface area contributed by atoms with Crippen molar-refractivity contribution in [2.75, 3.05) is 0 Å². The maximum absolute atomic E-state index is 10.8. The summed E-state index contributed by atoms with van der Waals surface area (Å²) in [6.07, 6.45) is 11.3. The van der Waals surface area contributed by atoms with E-state index in [9.17, 15) is 4.79 Å². The molecule has 0 rings (SSSR count). The molecule has 0 aromatic rings. The molecule has 0 atom stereocenters. The van der Waals surface area contributed by atoms with Gasteiger partial charge >= 0.3 is 5.97 Å². The van der Waals surface area contributed by atoms with E-state index >= 15 is 0 Å². The summed E-state index contributed by atoms with van der Waals surface area (Å²) in [6.45, 7) is 2.21. The third kappa shape index (κ3) is 10.9. The lowest BCUT2D eigenvalue weighted by molar-refractivity contribution is -0.137. The van der Waals surface area contributed by atoms with Gasteiger partial charge in [0.25, 0.3) is 6.26 Å². The van der Waals surface area contributed by atoms with Gasteiger partial charge in [-0.05, 0) is 6.42 Å². The Labute approximate surface area is 92.4 Å². The number of carbonyl (C=O) groups is 1. The molecule has 15 heavy (non-hydrogen) atoms. The third-order valence-electron chi connectivity index (χ3n) is 2.39.